The van der Waals surface area contributed by atoms with Crippen LogP contribution in [0.1, 0.15) is 149 Å². The Labute approximate surface area is 383 Å². The average Bonchev–Trinajstić information content (AvgIpc) is 3.99. The van der Waals surface area contributed by atoms with Gasteiger partial charge in [0.15, 0.2) is 5.78 Å². The van der Waals surface area contributed by atoms with Gasteiger partial charge < -0.3 is 34.8 Å². The minimum atomic E-state index is -1.19. The number of allylic oxidation sites excluding steroid dienone is 2. The fourth-order valence-electron chi connectivity index (χ4n) is 9.60. The standard InChI is InChI=1S/C51H65N4O6.Mg/c1-11-28(4)16-14-17-29(5)18-15-19-30(6)22-23-61-44(57)21-20-36-32(8)39-24-38-31(7)34(12-2)41(52-38)26-43-37(27-56)35(13-3)42(53-43)25-40-33(9)45-49(55-40)46(48(36)54-39)47(50(45)58)51(59)60-10;/h12,22,24-29,32,36,47-48,54H,2,11,13-21,23H2,1,3-10H3,(H,56,58);/q-3;+2/b30-22+,39-24-,43-26-;/t28-,29-,32+,36+,47-,48?;/m1./s1. The number of ketones is 1. The van der Waals surface area contributed by atoms with Crippen molar-refractivity contribution in [2.75, 3.05) is 13.7 Å². The van der Waals surface area contributed by atoms with E-state index in [1.165, 1.54) is 44.8 Å². The monoisotopic (exact) mass is 853 g/mol. The number of carbonyl (C=O) groups is 3. The molecule has 1 aliphatic carbocycles. The van der Waals surface area contributed by atoms with Gasteiger partial charge in [0.2, 0.25) is 0 Å². The summed E-state index contributed by atoms with van der Waals surface area (Å²) in [5.74, 6) is -1.31. The molecule has 1 saturated heterocycles. The molecule has 328 valence electrons. The van der Waals surface area contributed by atoms with E-state index in [1.807, 2.05) is 45.1 Å². The number of ether oxygens (including phenoxy) is 2. The summed E-state index contributed by atoms with van der Waals surface area (Å²) in [6.45, 7) is 21.3. The number of aliphatic hydroxyl groups excluding tert-OH is 1. The zero-order chi connectivity index (χ0) is 44.1. The Hall–Kier alpha value is -4.48. The number of aliphatic hydroxyl groups is 1. The maximum absolute atomic E-state index is 14.4. The van der Waals surface area contributed by atoms with Crippen LogP contribution >= 0.6 is 0 Å². The van der Waals surface area contributed by atoms with Crippen molar-refractivity contribution in [3.63, 3.8) is 0 Å². The zero-order valence-corrected chi connectivity index (χ0v) is 39.9. The van der Waals surface area contributed by atoms with Crippen LogP contribution in [0.4, 0.5) is 0 Å². The molecule has 0 saturated carbocycles. The van der Waals surface area contributed by atoms with Gasteiger partial charge in [-0.1, -0.05) is 120 Å². The number of hydrogen-bond donors (Lipinski definition) is 2. The number of Topliss-reactive ketones (excluding diaryl/α,β-unsaturated/α-hetero) is 1. The quantitative estimate of drug-likeness (QED) is 0.0723. The van der Waals surface area contributed by atoms with Crippen molar-refractivity contribution in [3.05, 3.63) is 90.1 Å². The van der Waals surface area contributed by atoms with E-state index in [2.05, 4.69) is 46.5 Å². The first kappa shape index (κ1) is 48.5. The molecule has 3 aromatic rings. The Kier molecular flexibility index (Phi) is 16.6. The van der Waals surface area contributed by atoms with E-state index in [4.69, 9.17) is 24.4 Å². The number of rotatable bonds is 17. The summed E-state index contributed by atoms with van der Waals surface area (Å²) in [5, 5.41) is 16.3. The molecule has 1 unspecified atom stereocenters. The Morgan fingerprint density at radius 3 is 2.34 bits per heavy atom. The molecule has 3 aromatic heterocycles. The second kappa shape index (κ2) is 21.3. The molecule has 6 atom stereocenters. The van der Waals surface area contributed by atoms with Crippen LogP contribution in [0, 0.1) is 43.4 Å². The van der Waals surface area contributed by atoms with Crippen LogP contribution in [0.25, 0.3) is 36.1 Å². The molecule has 10 nitrogen and oxygen atoms in total. The van der Waals surface area contributed by atoms with Gasteiger partial charge in [-0.3, -0.25) is 14.4 Å². The van der Waals surface area contributed by atoms with E-state index in [-0.39, 0.29) is 59.7 Å². The topological polar surface area (TPSA) is 144 Å². The summed E-state index contributed by atoms with van der Waals surface area (Å²) in [4.78, 5) is 56.4. The predicted octanol–water partition coefficient (Wildman–Crippen LogP) is 5.96. The molecule has 0 radical (unpaired) electrons. The molecule has 62 heavy (non-hydrogen) atoms. The largest absolute Gasteiger partial charge is 2.00 e. The Bertz CT molecular complexity index is 2480. The third-order valence-electron chi connectivity index (χ3n) is 13.7. The number of nitrogens with one attached hydrogen (secondary N) is 1. The molecule has 6 rings (SSSR count). The van der Waals surface area contributed by atoms with Gasteiger partial charge in [-0.05, 0) is 86.6 Å². The molecule has 0 spiro atoms. The fourth-order valence-corrected chi connectivity index (χ4v) is 9.60. The van der Waals surface area contributed by atoms with E-state index in [0.29, 0.717) is 68.1 Å². The van der Waals surface area contributed by atoms with Crippen LogP contribution in [0.3, 0.4) is 0 Å². The van der Waals surface area contributed by atoms with Gasteiger partial charge in [0, 0.05) is 23.6 Å². The van der Waals surface area contributed by atoms with Gasteiger partial charge in [0.25, 0.3) is 0 Å². The van der Waals surface area contributed by atoms with Crippen LogP contribution in [-0.4, -0.2) is 65.6 Å². The minimum Gasteiger partial charge on any atom is -0.657 e. The molecule has 11 heteroatoms. The van der Waals surface area contributed by atoms with Crippen molar-refractivity contribution in [1.82, 2.24) is 20.3 Å². The Morgan fingerprint density at radius 1 is 0.952 bits per heavy atom. The molecule has 3 aliphatic rings. The minimum absolute atomic E-state index is 0. The van der Waals surface area contributed by atoms with Crippen LogP contribution in [-0.2, 0) is 25.5 Å². The van der Waals surface area contributed by atoms with Crippen molar-refractivity contribution in [2.45, 2.75) is 126 Å². The van der Waals surface area contributed by atoms with Gasteiger partial charge in [-0.2, -0.15) is 0 Å². The number of methoxy groups -OCH3 is 1. The van der Waals surface area contributed by atoms with Crippen LogP contribution in [0.2, 0.25) is 0 Å². The van der Waals surface area contributed by atoms with E-state index in [0.717, 1.165) is 53.1 Å². The van der Waals surface area contributed by atoms with Gasteiger partial charge in [0.05, 0.1) is 19.4 Å². The summed E-state index contributed by atoms with van der Waals surface area (Å²) in [6, 6.07) is -0.524. The second-order valence-corrected chi connectivity index (χ2v) is 17.7. The summed E-state index contributed by atoms with van der Waals surface area (Å²) >= 11 is 0. The first-order chi connectivity index (χ1) is 29.3. The molecule has 2 N–H and O–H groups in total. The summed E-state index contributed by atoms with van der Waals surface area (Å²) < 4.78 is 11.0. The van der Waals surface area contributed by atoms with E-state index < -0.39 is 17.9 Å². The molecule has 0 aromatic carbocycles. The maximum atomic E-state index is 14.4. The summed E-state index contributed by atoms with van der Waals surface area (Å²) in [6.07, 6.45) is 20.2. The third kappa shape index (κ3) is 9.99. The SMILES string of the molecule is C=Cc1c2[n-]c(c1C)/C=C1\NC(C3=c4[n-]/c(c(C)c4C(=O)[C@@H]3C(=O)OC)=C\c3[n-]c(/c(=C/O)c3CC)=C\2)[C@@H](CCC(=O)OC/C=C(\C)CCC[C@H](C)CCC[C@H](C)CC)[C@@H]1C.[Mg+2]. The summed E-state index contributed by atoms with van der Waals surface area (Å²) in [5.41, 5.74) is 8.28. The van der Waals surface area contributed by atoms with Crippen molar-refractivity contribution in [2.24, 2.45) is 29.6 Å². The first-order valence-corrected chi connectivity index (χ1v) is 22.4. The number of hydrogen-bond acceptors (Lipinski definition) is 7. The van der Waals surface area contributed by atoms with Gasteiger partial charge in [0.1, 0.15) is 12.5 Å². The van der Waals surface area contributed by atoms with Crippen molar-refractivity contribution in [3.8, 4) is 0 Å². The van der Waals surface area contributed by atoms with Crippen molar-refractivity contribution >= 4 is 76.9 Å². The molecular formula is C51H65MgN4O6-. The van der Waals surface area contributed by atoms with E-state index in [1.54, 1.807) is 6.08 Å². The second-order valence-electron chi connectivity index (χ2n) is 17.7. The average molecular weight is 854 g/mol. The Balaban J connectivity index is 0.00000726. The van der Waals surface area contributed by atoms with Crippen LogP contribution < -0.4 is 41.5 Å². The molecule has 1 fully saturated rings. The number of esters is 2. The molecule has 5 heterocycles. The van der Waals surface area contributed by atoms with Crippen LogP contribution in [0.15, 0.2) is 23.9 Å². The fraction of sp³-hybridized carbons (Fsp3) is 0.510. The van der Waals surface area contributed by atoms with E-state index in [9.17, 15) is 19.5 Å². The number of carbonyl (C=O) groups excluding carboxylic acids is 3. The van der Waals surface area contributed by atoms with Gasteiger partial charge in [-0.25, -0.2) is 0 Å². The number of aromatic nitrogens is 3. The first-order valence-electron chi connectivity index (χ1n) is 22.4. The smallest absolute Gasteiger partial charge is 0.657 e. The summed E-state index contributed by atoms with van der Waals surface area (Å²) in [7, 11) is 1.29. The van der Waals surface area contributed by atoms with Crippen molar-refractivity contribution in [1.29, 1.82) is 0 Å². The van der Waals surface area contributed by atoms with Crippen molar-refractivity contribution < 1.29 is 29.0 Å². The predicted molar refractivity (Wildman–Crippen MR) is 248 cm³/mol. The normalized spacial score (nSPS) is 22.4. The van der Waals surface area contributed by atoms with E-state index >= 15 is 0 Å². The van der Waals surface area contributed by atoms with Gasteiger partial charge >= 0.3 is 35.0 Å². The molecule has 0 amide bonds. The third-order valence-corrected chi connectivity index (χ3v) is 13.7. The molecule has 2 aliphatic heterocycles. The zero-order valence-electron chi connectivity index (χ0n) is 38.5. The van der Waals surface area contributed by atoms with Crippen LogP contribution in [0.5, 0.6) is 0 Å². The number of nitrogens with zero attached hydrogens (tertiary/aromatic N) is 3. The van der Waals surface area contributed by atoms with Gasteiger partial charge in [-0.15, -0.1) is 33.1 Å². The molecular weight excluding hydrogens is 789 g/mol. The maximum Gasteiger partial charge on any atom is 2.00 e. The Morgan fingerprint density at radius 2 is 1.66 bits per heavy atom. The number of fused-ring (bicyclic) bond motifs is 8. The molecule has 8 bridgehead atoms.